The maximum atomic E-state index is 11.8. The van der Waals surface area contributed by atoms with Gasteiger partial charge in [-0.1, -0.05) is 0 Å². The summed E-state index contributed by atoms with van der Waals surface area (Å²) in [6, 6.07) is 6.49. The second-order valence-electron chi connectivity index (χ2n) is 4.07. The van der Waals surface area contributed by atoms with E-state index < -0.39 is 0 Å². The summed E-state index contributed by atoms with van der Waals surface area (Å²) in [5.41, 5.74) is 0.846. The highest BCUT2D eigenvalue weighted by atomic mass is 32.1. The van der Waals surface area contributed by atoms with Gasteiger partial charge in [-0.25, -0.2) is 0 Å². The van der Waals surface area contributed by atoms with Gasteiger partial charge in [0, 0.05) is 13.0 Å². The van der Waals surface area contributed by atoms with Crippen LogP contribution in [0.5, 0.6) is 5.75 Å². The third-order valence-corrected chi connectivity index (χ3v) is 3.38. The number of benzene rings is 1. The molecule has 4 nitrogen and oxygen atoms in total. The number of hydrogen-bond donors (Lipinski definition) is 2. The number of nitriles is 1. The summed E-state index contributed by atoms with van der Waals surface area (Å²) in [5.74, 6) is 0.837. The van der Waals surface area contributed by atoms with E-state index in [0.717, 1.165) is 0 Å². The molecule has 0 spiro atoms. The van der Waals surface area contributed by atoms with E-state index in [1.807, 2.05) is 6.07 Å². The molecule has 0 saturated carbocycles. The first-order chi connectivity index (χ1) is 8.15. The highest BCUT2D eigenvalue weighted by Crippen LogP contribution is 2.33. The molecule has 1 atom stereocenters. The van der Waals surface area contributed by atoms with Crippen LogP contribution in [0.1, 0.15) is 12.0 Å². The first-order valence-corrected chi connectivity index (χ1v) is 5.93. The predicted molar refractivity (Wildman–Crippen MR) is 67.1 cm³/mol. The van der Waals surface area contributed by atoms with Crippen LogP contribution in [-0.4, -0.2) is 23.3 Å². The molecule has 2 rings (SSSR count). The van der Waals surface area contributed by atoms with Crippen LogP contribution in [-0.2, 0) is 4.79 Å². The van der Waals surface area contributed by atoms with Gasteiger partial charge in [0.1, 0.15) is 5.75 Å². The van der Waals surface area contributed by atoms with Crippen LogP contribution in [0.3, 0.4) is 0 Å². The van der Waals surface area contributed by atoms with Gasteiger partial charge >= 0.3 is 0 Å². The van der Waals surface area contributed by atoms with Crippen molar-refractivity contribution >= 4 is 24.2 Å². The lowest BCUT2D eigenvalue weighted by Crippen LogP contribution is -2.24. The molecule has 1 unspecified atom stereocenters. The van der Waals surface area contributed by atoms with Crippen molar-refractivity contribution in [2.75, 3.05) is 17.2 Å². The van der Waals surface area contributed by atoms with E-state index in [-0.39, 0.29) is 17.6 Å². The van der Waals surface area contributed by atoms with E-state index in [1.54, 1.807) is 0 Å². The number of anilines is 1. The topological polar surface area (TPSA) is 64.3 Å². The van der Waals surface area contributed by atoms with Gasteiger partial charge < -0.3 is 10.0 Å². The van der Waals surface area contributed by atoms with Crippen molar-refractivity contribution in [3.8, 4) is 11.8 Å². The highest BCUT2D eigenvalue weighted by Gasteiger charge is 2.31. The molecule has 1 aliphatic rings. The van der Waals surface area contributed by atoms with Crippen LogP contribution in [0.2, 0.25) is 0 Å². The Kier molecular flexibility index (Phi) is 3.25. The molecule has 5 heteroatoms. The molecular weight excluding hydrogens is 236 g/mol. The third kappa shape index (κ3) is 2.22. The number of rotatable bonds is 2. The quantitative estimate of drug-likeness (QED) is 0.780. The number of amides is 1. The summed E-state index contributed by atoms with van der Waals surface area (Å²) in [7, 11) is 0. The van der Waals surface area contributed by atoms with Crippen molar-refractivity contribution in [1.29, 1.82) is 5.26 Å². The fourth-order valence-corrected chi connectivity index (χ4v) is 2.19. The summed E-state index contributed by atoms with van der Waals surface area (Å²) >= 11 is 4.18. The second-order valence-corrected chi connectivity index (χ2v) is 4.44. The zero-order chi connectivity index (χ0) is 12.4. The van der Waals surface area contributed by atoms with Crippen LogP contribution in [0.15, 0.2) is 18.2 Å². The Labute approximate surface area is 105 Å². The number of thiol groups is 1. The van der Waals surface area contributed by atoms with Crippen molar-refractivity contribution < 1.29 is 9.90 Å². The second kappa shape index (κ2) is 4.68. The standard InChI is InChI=1S/C12H12N2O2S/c13-5-8-1-2-11(15)10(3-8)14-6-9(7-17)4-12(14)16/h1-3,9,15,17H,4,6-7H2. The van der Waals surface area contributed by atoms with Gasteiger partial charge in [0.15, 0.2) is 0 Å². The Morgan fingerprint density at radius 2 is 2.35 bits per heavy atom. The SMILES string of the molecule is N#Cc1ccc(O)c(N2CC(CS)CC2=O)c1. The van der Waals surface area contributed by atoms with E-state index in [0.29, 0.717) is 30.0 Å². The van der Waals surface area contributed by atoms with Crippen LogP contribution in [0.25, 0.3) is 0 Å². The van der Waals surface area contributed by atoms with Gasteiger partial charge in [-0.05, 0) is 29.9 Å². The molecular formula is C12H12N2O2S. The minimum absolute atomic E-state index is 0.0252. The lowest BCUT2D eigenvalue weighted by Gasteiger charge is -2.17. The molecule has 1 N–H and O–H groups in total. The highest BCUT2D eigenvalue weighted by molar-refractivity contribution is 7.80. The number of nitrogens with zero attached hydrogens (tertiary/aromatic N) is 2. The van der Waals surface area contributed by atoms with E-state index in [2.05, 4.69) is 12.6 Å². The molecule has 1 fully saturated rings. The molecule has 1 saturated heterocycles. The zero-order valence-electron chi connectivity index (χ0n) is 9.13. The Bertz CT molecular complexity index is 496. The first kappa shape index (κ1) is 11.8. The van der Waals surface area contributed by atoms with Gasteiger partial charge in [-0.3, -0.25) is 4.79 Å². The predicted octanol–water partition coefficient (Wildman–Crippen LogP) is 1.55. The lowest BCUT2D eigenvalue weighted by molar-refractivity contribution is -0.117. The third-order valence-electron chi connectivity index (χ3n) is 2.86. The van der Waals surface area contributed by atoms with Crippen molar-refractivity contribution in [2.45, 2.75) is 6.42 Å². The molecule has 1 aromatic carbocycles. The van der Waals surface area contributed by atoms with Crippen molar-refractivity contribution in [3.05, 3.63) is 23.8 Å². The average molecular weight is 248 g/mol. The Morgan fingerprint density at radius 3 is 2.94 bits per heavy atom. The van der Waals surface area contributed by atoms with E-state index in [1.165, 1.54) is 23.1 Å². The fourth-order valence-electron chi connectivity index (χ4n) is 1.95. The Balaban J connectivity index is 2.34. The maximum absolute atomic E-state index is 11.8. The van der Waals surface area contributed by atoms with Gasteiger partial charge in [-0.15, -0.1) is 0 Å². The normalized spacial score (nSPS) is 19.4. The van der Waals surface area contributed by atoms with Crippen molar-refractivity contribution in [2.24, 2.45) is 5.92 Å². The molecule has 0 bridgehead atoms. The first-order valence-electron chi connectivity index (χ1n) is 5.30. The van der Waals surface area contributed by atoms with Crippen LogP contribution in [0, 0.1) is 17.2 Å². The number of hydrogen-bond acceptors (Lipinski definition) is 4. The van der Waals surface area contributed by atoms with E-state index in [9.17, 15) is 9.90 Å². The van der Waals surface area contributed by atoms with Gasteiger partial charge in [-0.2, -0.15) is 17.9 Å². The molecule has 1 aromatic rings. The molecule has 1 amide bonds. The summed E-state index contributed by atoms with van der Waals surface area (Å²) in [6.45, 7) is 0.546. The molecule has 17 heavy (non-hydrogen) atoms. The van der Waals surface area contributed by atoms with Crippen molar-refractivity contribution in [1.82, 2.24) is 0 Å². The molecule has 0 radical (unpaired) electrons. The fraction of sp³-hybridized carbons (Fsp3) is 0.333. The Hall–Kier alpha value is -1.67. The largest absolute Gasteiger partial charge is 0.506 e. The lowest BCUT2D eigenvalue weighted by atomic mass is 10.1. The molecule has 1 heterocycles. The van der Waals surface area contributed by atoms with Crippen LogP contribution < -0.4 is 4.90 Å². The van der Waals surface area contributed by atoms with Crippen molar-refractivity contribution in [3.63, 3.8) is 0 Å². The van der Waals surface area contributed by atoms with E-state index >= 15 is 0 Å². The monoisotopic (exact) mass is 248 g/mol. The van der Waals surface area contributed by atoms with Gasteiger partial charge in [0.2, 0.25) is 5.91 Å². The number of aromatic hydroxyl groups is 1. The Morgan fingerprint density at radius 1 is 1.59 bits per heavy atom. The maximum Gasteiger partial charge on any atom is 0.227 e. The number of phenolic OH excluding ortho intramolecular Hbond substituents is 1. The molecule has 0 aromatic heterocycles. The number of carbonyl (C=O) groups is 1. The molecule has 88 valence electrons. The summed E-state index contributed by atoms with van der Waals surface area (Å²) in [5, 5.41) is 18.6. The summed E-state index contributed by atoms with van der Waals surface area (Å²) < 4.78 is 0. The molecule has 1 aliphatic heterocycles. The van der Waals surface area contributed by atoms with Crippen LogP contribution in [0.4, 0.5) is 5.69 Å². The van der Waals surface area contributed by atoms with E-state index in [4.69, 9.17) is 5.26 Å². The number of carbonyl (C=O) groups excluding carboxylic acids is 1. The average Bonchev–Trinajstić information content (AvgIpc) is 2.71. The zero-order valence-corrected chi connectivity index (χ0v) is 10.0. The smallest absolute Gasteiger partial charge is 0.227 e. The molecule has 0 aliphatic carbocycles. The van der Waals surface area contributed by atoms with Crippen LogP contribution >= 0.6 is 12.6 Å². The summed E-state index contributed by atoms with van der Waals surface area (Å²) in [4.78, 5) is 13.3. The minimum Gasteiger partial charge on any atom is -0.506 e. The van der Waals surface area contributed by atoms with Gasteiger partial charge in [0.25, 0.3) is 0 Å². The number of phenols is 1. The van der Waals surface area contributed by atoms with Gasteiger partial charge in [0.05, 0.1) is 17.3 Å². The minimum atomic E-state index is -0.0329. The summed E-state index contributed by atoms with van der Waals surface area (Å²) in [6.07, 6.45) is 0.444.